The van der Waals surface area contributed by atoms with Gasteiger partial charge in [-0.1, -0.05) is 0 Å². The molecule has 0 spiro atoms. The van der Waals surface area contributed by atoms with Gasteiger partial charge in [0.15, 0.2) is 0 Å². The van der Waals surface area contributed by atoms with E-state index in [0.29, 0.717) is 17.9 Å². The second-order valence-electron chi connectivity index (χ2n) is 5.12. The van der Waals surface area contributed by atoms with Crippen molar-refractivity contribution in [2.24, 2.45) is 5.92 Å². The van der Waals surface area contributed by atoms with Crippen LogP contribution in [0.15, 0.2) is 24.3 Å². The van der Waals surface area contributed by atoms with E-state index in [0.717, 1.165) is 31.6 Å². The maximum absolute atomic E-state index is 11.9. The molecule has 5 nitrogen and oxygen atoms in total. The number of carbonyl (C=O) groups is 2. The van der Waals surface area contributed by atoms with Gasteiger partial charge in [-0.2, -0.15) is 0 Å². The van der Waals surface area contributed by atoms with Crippen LogP contribution >= 0.6 is 0 Å². The van der Waals surface area contributed by atoms with Crippen molar-refractivity contribution in [3.05, 3.63) is 29.8 Å². The van der Waals surface area contributed by atoms with Gasteiger partial charge in [0.25, 0.3) is 5.91 Å². The van der Waals surface area contributed by atoms with Crippen LogP contribution in [0.2, 0.25) is 0 Å². The number of rotatable bonds is 4. The van der Waals surface area contributed by atoms with Crippen molar-refractivity contribution in [1.29, 1.82) is 0 Å². The molecule has 2 amide bonds. The minimum Gasteiger partial charge on any atom is -0.355 e. The van der Waals surface area contributed by atoms with Gasteiger partial charge in [-0.25, -0.2) is 0 Å². The Morgan fingerprint density at radius 2 is 2.05 bits per heavy atom. The van der Waals surface area contributed by atoms with Gasteiger partial charge >= 0.3 is 0 Å². The standard InChI is InChI=1S/C15H21N3O2/c1-16-15(20)12-4-6-13(7-5-12)18-14(19)9-11-3-2-8-17-10-11/h4-7,11,17H,2-3,8-10H2,1H3,(H,16,20)(H,18,19). The van der Waals surface area contributed by atoms with Crippen LogP contribution in [-0.2, 0) is 4.79 Å². The van der Waals surface area contributed by atoms with Crippen LogP contribution in [0.5, 0.6) is 0 Å². The maximum atomic E-state index is 11.9. The highest BCUT2D eigenvalue weighted by Gasteiger charge is 2.16. The predicted molar refractivity (Wildman–Crippen MR) is 78.7 cm³/mol. The molecule has 0 aliphatic carbocycles. The lowest BCUT2D eigenvalue weighted by molar-refractivity contribution is -0.117. The maximum Gasteiger partial charge on any atom is 0.251 e. The summed E-state index contributed by atoms with van der Waals surface area (Å²) in [6, 6.07) is 6.91. The Morgan fingerprint density at radius 1 is 1.30 bits per heavy atom. The molecule has 1 atom stereocenters. The summed E-state index contributed by atoms with van der Waals surface area (Å²) < 4.78 is 0. The fourth-order valence-corrected chi connectivity index (χ4v) is 2.42. The van der Waals surface area contributed by atoms with Gasteiger partial charge in [0.2, 0.25) is 5.91 Å². The predicted octanol–water partition coefficient (Wildman–Crippen LogP) is 1.37. The van der Waals surface area contributed by atoms with Gasteiger partial charge < -0.3 is 16.0 Å². The third-order valence-corrected chi connectivity index (χ3v) is 3.53. The summed E-state index contributed by atoms with van der Waals surface area (Å²) in [5.41, 5.74) is 1.31. The van der Waals surface area contributed by atoms with Crippen LogP contribution in [0.4, 0.5) is 5.69 Å². The third-order valence-electron chi connectivity index (χ3n) is 3.53. The van der Waals surface area contributed by atoms with Crippen LogP contribution in [0.3, 0.4) is 0 Å². The molecule has 1 aromatic rings. The minimum atomic E-state index is -0.129. The van der Waals surface area contributed by atoms with E-state index in [1.54, 1.807) is 31.3 Å². The Balaban J connectivity index is 1.85. The molecule has 1 fully saturated rings. The van der Waals surface area contributed by atoms with E-state index in [4.69, 9.17) is 0 Å². The quantitative estimate of drug-likeness (QED) is 0.777. The molecule has 1 heterocycles. The van der Waals surface area contributed by atoms with Crippen molar-refractivity contribution in [3.63, 3.8) is 0 Å². The first-order chi connectivity index (χ1) is 9.69. The molecule has 0 aromatic heterocycles. The molecule has 2 rings (SSSR count). The summed E-state index contributed by atoms with van der Waals surface area (Å²) in [7, 11) is 1.59. The average Bonchev–Trinajstić information content (AvgIpc) is 2.48. The molecule has 0 saturated carbocycles. The molecule has 20 heavy (non-hydrogen) atoms. The summed E-state index contributed by atoms with van der Waals surface area (Å²) >= 11 is 0. The highest BCUT2D eigenvalue weighted by Crippen LogP contribution is 2.16. The fourth-order valence-electron chi connectivity index (χ4n) is 2.42. The van der Waals surface area contributed by atoms with Crippen molar-refractivity contribution in [1.82, 2.24) is 10.6 Å². The number of benzene rings is 1. The first-order valence-electron chi connectivity index (χ1n) is 7.02. The monoisotopic (exact) mass is 275 g/mol. The molecule has 3 N–H and O–H groups in total. The van der Waals surface area contributed by atoms with Crippen molar-refractivity contribution >= 4 is 17.5 Å². The van der Waals surface area contributed by atoms with Gasteiger partial charge in [-0.15, -0.1) is 0 Å². The Labute approximate surface area is 119 Å². The molecule has 5 heteroatoms. The van der Waals surface area contributed by atoms with E-state index in [-0.39, 0.29) is 11.8 Å². The summed E-state index contributed by atoms with van der Waals surface area (Å²) in [6.07, 6.45) is 2.79. The Morgan fingerprint density at radius 3 is 2.65 bits per heavy atom. The highest BCUT2D eigenvalue weighted by atomic mass is 16.2. The molecule has 108 valence electrons. The molecule has 1 saturated heterocycles. The lowest BCUT2D eigenvalue weighted by atomic mass is 9.96. The number of hydrogen-bond donors (Lipinski definition) is 3. The van der Waals surface area contributed by atoms with Crippen LogP contribution in [0, 0.1) is 5.92 Å². The first-order valence-corrected chi connectivity index (χ1v) is 7.02. The van der Waals surface area contributed by atoms with Gasteiger partial charge in [0, 0.05) is 24.7 Å². The van der Waals surface area contributed by atoms with Gasteiger partial charge in [-0.05, 0) is 56.1 Å². The largest absolute Gasteiger partial charge is 0.355 e. The summed E-state index contributed by atoms with van der Waals surface area (Å²) in [5.74, 6) is 0.330. The van der Waals surface area contributed by atoms with Crippen LogP contribution in [-0.4, -0.2) is 32.0 Å². The van der Waals surface area contributed by atoms with E-state index >= 15 is 0 Å². The SMILES string of the molecule is CNC(=O)c1ccc(NC(=O)CC2CCCNC2)cc1. The third kappa shape index (κ3) is 4.06. The number of piperidine rings is 1. The van der Waals surface area contributed by atoms with Crippen molar-refractivity contribution in [2.45, 2.75) is 19.3 Å². The lowest BCUT2D eigenvalue weighted by Crippen LogP contribution is -2.32. The van der Waals surface area contributed by atoms with Gasteiger partial charge in [-0.3, -0.25) is 9.59 Å². The van der Waals surface area contributed by atoms with Crippen LogP contribution in [0.1, 0.15) is 29.6 Å². The number of anilines is 1. The Bertz CT molecular complexity index is 465. The lowest BCUT2D eigenvalue weighted by Gasteiger charge is -2.22. The Kier molecular flexibility index (Phi) is 5.12. The molecule has 1 aromatic carbocycles. The highest BCUT2D eigenvalue weighted by molar-refractivity contribution is 5.95. The normalized spacial score (nSPS) is 18.4. The smallest absolute Gasteiger partial charge is 0.251 e. The fraction of sp³-hybridized carbons (Fsp3) is 0.467. The number of amides is 2. The van der Waals surface area contributed by atoms with Crippen molar-refractivity contribution in [3.8, 4) is 0 Å². The van der Waals surface area contributed by atoms with Crippen molar-refractivity contribution < 1.29 is 9.59 Å². The summed E-state index contributed by atoms with van der Waals surface area (Å²) in [6.45, 7) is 1.97. The van der Waals surface area contributed by atoms with Gasteiger partial charge in [0.05, 0.1) is 0 Å². The average molecular weight is 275 g/mol. The van der Waals surface area contributed by atoms with E-state index in [9.17, 15) is 9.59 Å². The van der Waals surface area contributed by atoms with E-state index < -0.39 is 0 Å². The number of carbonyl (C=O) groups excluding carboxylic acids is 2. The number of nitrogens with one attached hydrogen (secondary N) is 3. The van der Waals surface area contributed by atoms with E-state index in [2.05, 4.69) is 16.0 Å². The molecule has 0 bridgehead atoms. The van der Waals surface area contributed by atoms with E-state index in [1.165, 1.54) is 0 Å². The van der Waals surface area contributed by atoms with Crippen LogP contribution < -0.4 is 16.0 Å². The zero-order valence-electron chi connectivity index (χ0n) is 11.7. The number of hydrogen-bond acceptors (Lipinski definition) is 3. The zero-order valence-corrected chi connectivity index (χ0v) is 11.7. The molecular weight excluding hydrogens is 254 g/mol. The zero-order chi connectivity index (χ0) is 14.4. The van der Waals surface area contributed by atoms with Gasteiger partial charge in [0.1, 0.15) is 0 Å². The first kappa shape index (κ1) is 14.5. The second-order valence-corrected chi connectivity index (χ2v) is 5.12. The summed E-state index contributed by atoms with van der Waals surface area (Å²) in [5, 5.41) is 8.74. The molecular formula is C15H21N3O2. The van der Waals surface area contributed by atoms with E-state index in [1.807, 2.05) is 0 Å². The minimum absolute atomic E-state index is 0.0337. The van der Waals surface area contributed by atoms with Crippen molar-refractivity contribution in [2.75, 3.05) is 25.5 Å². The second kappa shape index (κ2) is 7.05. The molecule has 0 radical (unpaired) electrons. The molecule has 1 aliphatic heterocycles. The molecule has 1 aliphatic rings. The van der Waals surface area contributed by atoms with Crippen LogP contribution in [0.25, 0.3) is 0 Å². The molecule has 1 unspecified atom stereocenters. The Hall–Kier alpha value is -1.88. The topological polar surface area (TPSA) is 70.2 Å². The summed E-state index contributed by atoms with van der Waals surface area (Å²) in [4.78, 5) is 23.3.